The van der Waals surface area contributed by atoms with Gasteiger partial charge in [0.2, 0.25) is 0 Å². The van der Waals surface area contributed by atoms with Gasteiger partial charge < -0.3 is 14.2 Å². The molecule has 3 heterocycles. The average Bonchev–Trinajstić information content (AvgIpc) is 3.43. The predicted octanol–water partition coefficient (Wildman–Crippen LogP) is 2.78. The summed E-state index contributed by atoms with van der Waals surface area (Å²) >= 11 is 1.63. The van der Waals surface area contributed by atoms with Gasteiger partial charge >= 0.3 is 0 Å². The highest BCUT2D eigenvalue weighted by Gasteiger charge is 2.37. The van der Waals surface area contributed by atoms with Crippen LogP contribution in [0.25, 0.3) is 0 Å². The lowest BCUT2D eigenvalue weighted by molar-refractivity contribution is -0.135. The van der Waals surface area contributed by atoms with E-state index in [4.69, 9.17) is 19.3 Å². The molecule has 2 aromatic rings. The Hall–Kier alpha value is -2.42. The summed E-state index contributed by atoms with van der Waals surface area (Å²) in [6, 6.07) is 9.44. The number of hydrogen-bond donors (Lipinski definition) is 0. The number of nitrogens with zero attached hydrogens (tertiary/aromatic N) is 3. The maximum atomic E-state index is 13.3. The largest absolute Gasteiger partial charge is 0.496 e. The second-order valence-electron chi connectivity index (χ2n) is 6.95. The fourth-order valence-corrected chi connectivity index (χ4v) is 4.51. The Labute approximate surface area is 174 Å². The van der Waals surface area contributed by atoms with Crippen LogP contribution in [0.1, 0.15) is 22.9 Å². The first-order chi connectivity index (χ1) is 14.2. The standard InChI is InChI=1S/C21H25N3O4S/c1-26-17-5-3-6-18(27-2)21(17)16-13-15(19-7-4-12-29-19)22-24(16)20(25)14-23-8-10-28-11-9-23/h3-7,12,16H,8-11,13-14H2,1-2H3/t16-/m0/s1. The second-order valence-corrected chi connectivity index (χ2v) is 7.89. The van der Waals surface area contributed by atoms with Crippen LogP contribution in [-0.2, 0) is 9.53 Å². The average molecular weight is 416 g/mol. The van der Waals surface area contributed by atoms with Crippen molar-refractivity contribution in [2.24, 2.45) is 5.10 Å². The Bertz CT molecular complexity index is 856. The molecule has 0 radical (unpaired) electrons. The van der Waals surface area contributed by atoms with E-state index in [9.17, 15) is 4.79 Å². The molecule has 0 aliphatic carbocycles. The van der Waals surface area contributed by atoms with Crippen LogP contribution in [0.15, 0.2) is 40.8 Å². The third kappa shape index (κ3) is 4.14. The van der Waals surface area contributed by atoms with Gasteiger partial charge in [0.1, 0.15) is 11.5 Å². The van der Waals surface area contributed by atoms with Crippen LogP contribution in [0.4, 0.5) is 0 Å². The van der Waals surface area contributed by atoms with Crippen LogP contribution >= 0.6 is 11.3 Å². The molecule has 1 aromatic heterocycles. The Kier molecular flexibility index (Phi) is 6.13. The van der Waals surface area contributed by atoms with Gasteiger partial charge in [-0.05, 0) is 23.6 Å². The zero-order chi connectivity index (χ0) is 20.2. The predicted molar refractivity (Wildman–Crippen MR) is 112 cm³/mol. The lowest BCUT2D eigenvalue weighted by atomic mass is 9.99. The molecule has 0 N–H and O–H groups in total. The van der Waals surface area contributed by atoms with Crippen molar-refractivity contribution in [1.29, 1.82) is 0 Å². The van der Waals surface area contributed by atoms with Gasteiger partial charge in [-0.25, -0.2) is 5.01 Å². The summed E-state index contributed by atoms with van der Waals surface area (Å²) in [5.74, 6) is 1.36. The maximum Gasteiger partial charge on any atom is 0.257 e. The van der Waals surface area contributed by atoms with Gasteiger partial charge in [0.15, 0.2) is 0 Å². The van der Waals surface area contributed by atoms with Crippen molar-refractivity contribution in [2.45, 2.75) is 12.5 Å². The van der Waals surface area contributed by atoms with Crippen molar-refractivity contribution < 1.29 is 19.0 Å². The normalized spacial score (nSPS) is 19.9. The molecule has 0 unspecified atom stereocenters. The molecule has 1 atom stereocenters. The monoisotopic (exact) mass is 415 g/mol. The van der Waals surface area contributed by atoms with Crippen molar-refractivity contribution >= 4 is 23.0 Å². The number of thiophene rings is 1. The topological polar surface area (TPSA) is 63.6 Å². The molecule has 1 amide bonds. The number of amides is 1. The van der Waals surface area contributed by atoms with Crippen molar-refractivity contribution in [2.75, 3.05) is 47.1 Å². The SMILES string of the molecule is COc1cccc(OC)c1[C@@H]1CC(c2cccs2)=NN1C(=O)CN1CCOCC1. The van der Waals surface area contributed by atoms with E-state index in [1.165, 1.54) is 0 Å². The van der Waals surface area contributed by atoms with E-state index >= 15 is 0 Å². The first-order valence-electron chi connectivity index (χ1n) is 9.65. The molecule has 29 heavy (non-hydrogen) atoms. The summed E-state index contributed by atoms with van der Waals surface area (Å²) in [5, 5.41) is 8.38. The molecule has 1 saturated heterocycles. The minimum Gasteiger partial charge on any atom is -0.496 e. The second kappa shape index (κ2) is 8.94. The molecule has 1 aromatic carbocycles. The van der Waals surface area contributed by atoms with Gasteiger partial charge in [0, 0.05) is 19.5 Å². The van der Waals surface area contributed by atoms with Crippen molar-refractivity contribution in [3.05, 3.63) is 46.2 Å². The van der Waals surface area contributed by atoms with Crippen LogP contribution in [0.5, 0.6) is 11.5 Å². The van der Waals surface area contributed by atoms with E-state index in [-0.39, 0.29) is 11.9 Å². The van der Waals surface area contributed by atoms with E-state index in [1.807, 2.05) is 35.7 Å². The number of methoxy groups -OCH3 is 2. The first-order valence-corrected chi connectivity index (χ1v) is 10.5. The quantitative estimate of drug-likeness (QED) is 0.726. The Balaban J connectivity index is 1.67. The molecule has 1 fully saturated rings. The van der Waals surface area contributed by atoms with Gasteiger partial charge in [-0.15, -0.1) is 11.3 Å². The smallest absolute Gasteiger partial charge is 0.257 e. The van der Waals surface area contributed by atoms with Crippen LogP contribution in [0.3, 0.4) is 0 Å². The van der Waals surface area contributed by atoms with Crippen LogP contribution < -0.4 is 9.47 Å². The fourth-order valence-electron chi connectivity index (χ4n) is 3.79. The van der Waals surface area contributed by atoms with E-state index < -0.39 is 0 Å². The Morgan fingerprint density at radius 2 is 1.90 bits per heavy atom. The Morgan fingerprint density at radius 3 is 2.52 bits per heavy atom. The minimum absolute atomic E-state index is 0.0311. The lowest BCUT2D eigenvalue weighted by Gasteiger charge is -2.29. The van der Waals surface area contributed by atoms with Gasteiger partial charge in [-0.3, -0.25) is 9.69 Å². The number of rotatable bonds is 6. The van der Waals surface area contributed by atoms with E-state index in [0.717, 1.165) is 29.2 Å². The number of morpholine rings is 1. The highest BCUT2D eigenvalue weighted by atomic mass is 32.1. The molecule has 2 aliphatic heterocycles. The molecule has 154 valence electrons. The van der Waals surface area contributed by atoms with Crippen LogP contribution in [0, 0.1) is 0 Å². The van der Waals surface area contributed by atoms with E-state index in [2.05, 4.69) is 4.90 Å². The van der Waals surface area contributed by atoms with E-state index in [0.29, 0.717) is 37.7 Å². The minimum atomic E-state index is -0.272. The van der Waals surface area contributed by atoms with Crippen LogP contribution in [-0.4, -0.2) is 68.6 Å². The zero-order valence-electron chi connectivity index (χ0n) is 16.7. The summed E-state index contributed by atoms with van der Waals surface area (Å²) in [7, 11) is 3.27. The molecular formula is C21H25N3O4S. The van der Waals surface area contributed by atoms with Crippen molar-refractivity contribution in [1.82, 2.24) is 9.91 Å². The van der Waals surface area contributed by atoms with Gasteiger partial charge in [0.25, 0.3) is 5.91 Å². The number of benzene rings is 1. The summed E-state index contributed by atoms with van der Waals surface area (Å²) in [5.41, 5.74) is 1.76. The van der Waals surface area contributed by atoms with Gasteiger partial charge in [-0.2, -0.15) is 5.10 Å². The third-order valence-electron chi connectivity index (χ3n) is 5.23. The number of carbonyl (C=O) groups is 1. The number of ether oxygens (including phenoxy) is 3. The molecule has 2 aliphatic rings. The summed E-state index contributed by atoms with van der Waals surface area (Å²) in [6.45, 7) is 3.13. The fraction of sp³-hybridized carbons (Fsp3) is 0.429. The van der Waals surface area contributed by atoms with Crippen molar-refractivity contribution in [3.63, 3.8) is 0 Å². The van der Waals surface area contributed by atoms with Gasteiger partial charge in [-0.1, -0.05) is 12.1 Å². The molecule has 7 nitrogen and oxygen atoms in total. The highest BCUT2D eigenvalue weighted by molar-refractivity contribution is 7.12. The van der Waals surface area contributed by atoms with Crippen molar-refractivity contribution in [3.8, 4) is 11.5 Å². The van der Waals surface area contributed by atoms with Crippen LogP contribution in [0.2, 0.25) is 0 Å². The number of carbonyl (C=O) groups excluding carboxylic acids is 1. The molecule has 0 spiro atoms. The first kappa shape index (κ1) is 19.9. The third-order valence-corrected chi connectivity index (χ3v) is 6.15. The van der Waals surface area contributed by atoms with Gasteiger partial charge in [0.05, 0.1) is 56.2 Å². The zero-order valence-corrected chi connectivity index (χ0v) is 17.5. The number of hydrazone groups is 1. The molecule has 8 heteroatoms. The lowest BCUT2D eigenvalue weighted by Crippen LogP contribution is -2.43. The molecule has 0 bridgehead atoms. The highest BCUT2D eigenvalue weighted by Crippen LogP contribution is 2.42. The maximum absolute atomic E-state index is 13.3. The summed E-state index contributed by atoms with van der Waals surface area (Å²) in [4.78, 5) is 16.5. The number of hydrogen-bond acceptors (Lipinski definition) is 7. The molecule has 4 rings (SSSR count). The molecule has 0 saturated carbocycles. The molecular weight excluding hydrogens is 390 g/mol. The Morgan fingerprint density at radius 1 is 1.17 bits per heavy atom. The summed E-state index contributed by atoms with van der Waals surface area (Å²) in [6.07, 6.45) is 0.617. The van der Waals surface area contributed by atoms with E-state index in [1.54, 1.807) is 30.6 Å². The summed E-state index contributed by atoms with van der Waals surface area (Å²) < 4.78 is 16.6.